The number of H-pyrrole nitrogens is 1. The Balaban J connectivity index is 0.000000185. The minimum absolute atomic E-state index is 0.0435. The first-order valence-electron chi connectivity index (χ1n) is 12.1. The third-order valence-corrected chi connectivity index (χ3v) is 7.92. The number of nitrogens with zero attached hydrogens (tertiary/aromatic N) is 3. The van der Waals surface area contributed by atoms with Gasteiger partial charge in [0.05, 0.1) is 25.7 Å². The molecule has 2 aromatic carbocycles. The van der Waals surface area contributed by atoms with E-state index < -0.39 is 5.72 Å². The summed E-state index contributed by atoms with van der Waals surface area (Å²) in [7, 11) is 3.14. The summed E-state index contributed by atoms with van der Waals surface area (Å²) in [6.45, 7) is 3.53. The SMILES string of the molecule is COc1cccc(C(=O)CSc2nc(C)cc(=O)[nH]2)c1.COc1cccc(C2(O)CSc3nc(=O)cc(C)n32)c1. The van der Waals surface area contributed by atoms with E-state index in [4.69, 9.17) is 9.47 Å². The number of ketones is 1. The smallest absolute Gasteiger partial charge is 0.273 e. The zero-order valence-electron chi connectivity index (χ0n) is 22.3. The van der Waals surface area contributed by atoms with Crippen LogP contribution in [0.1, 0.15) is 27.3 Å². The van der Waals surface area contributed by atoms with Gasteiger partial charge in [-0.2, -0.15) is 4.98 Å². The molecule has 0 bridgehead atoms. The fraction of sp³-hybridized carbons (Fsp3) is 0.250. The van der Waals surface area contributed by atoms with Gasteiger partial charge in [0.15, 0.2) is 21.8 Å². The Morgan fingerprint density at radius 1 is 1.05 bits per heavy atom. The van der Waals surface area contributed by atoms with Gasteiger partial charge in [0.2, 0.25) is 0 Å². The zero-order chi connectivity index (χ0) is 28.9. The maximum Gasteiger partial charge on any atom is 0.273 e. The molecule has 5 rings (SSSR count). The highest BCUT2D eigenvalue weighted by molar-refractivity contribution is 7.99. The highest BCUT2D eigenvalue weighted by atomic mass is 32.2. The Kier molecular flexibility index (Phi) is 9.13. The molecule has 40 heavy (non-hydrogen) atoms. The zero-order valence-corrected chi connectivity index (χ0v) is 24.0. The topological polar surface area (TPSA) is 136 Å². The normalized spacial score (nSPS) is 15.5. The lowest BCUT2D eigenvalue weighted by atomic mass is 10.0. The number of rotatable bonds is 7. The minimum atomic E-state index is -1.21. The number of Topliss-reactive ketones (excluding diaryl/α,β-unsaturated/α-hetero) is 1. The molecule has 0 fully saturated rings. The summed E-state index contributed by atoms with van der Waals surface area (Å²) in [4.78, 5) is 45.5. The standard InChI is InChI=1S/2C14H14N2O3S/c1-9-6-12(17)15-13-16(9)14(18,8-20-13)10-4-3-5-11(7-10)19-2;1-9-6-13(18)16-14(15-9)20-8-12(17)10-4-3-5-11(7-10)19-2/h3-7,18H,8H2,1-2H3;3-7H,8H2,1-2H3,(H,15,16,18). The Hall–Kier alpha value is -3.87. The number of hydrogen-bond acceptors (Lipinski definition) is 10. The van der Waals surface area contributed by atoms with Crippen molar-refractivity contribution < 1.29 is 19.4 Å². The van der Waals surface area contributed by atoms with Crippen LogP contribution in [0.25, 0.3) is 0 Å². The molecule has 3 heterocycles. The van der Waals surface area contributed by atoms with Gasteiger partial charge in [-0.1, -0.05) is 47.8 Å². The van der Waals surface area contributed by atoms with E-state index in [0.29, 0.717) is 44.5 Å². The van der Waals surface area contributed by atoms with E-state index in [1.165, 1.54) is 35.7 Å². The monoisotopic (exact) mass is 580 g/mol. The number of methoxy groups -OCH3 is 2. The van der Waals surface area contributed by atoms with Gasteiger partial charge in [0.1, 0.15) is 11.5 Å². The molecule has 4 aromatic rings. The van der Waals surface area contributed by atoms with Crippen molar-refractivity contribution in [2.45, 2.75) is 29.9 Å². The molecule has 10 nitrogen and oxygen atoms in total. The number of aryl methyl sites for hydroxylation is 2. The Bertz CT molecular complexity index is 1650. The van der Waals surface area contributed by atoms with Crippen LogP contribution in [-0.4, -0.2) is 56.1 Å². The molecule has 1 unspecified atom stereocenters. The van der Waals surface area contributed by atoms with Crippen molar-refractivity contribution in [1.29, 1.82) is 0 Å². The number of aromatic nitrogens is 4. The van der Waals surface area contributed by atoms with E-state index >= 15 is 0 Å². The Labute approximate surface area is 238 Å². The van der Waals surface area contributed by atoms with Crippen LogP contribution < -0.4 is 20.6 Å². The van der Waals surface area contributed by atoms with Crippen LogP contribution in [0.2, 0.25) is 0 Å². The van der Waals surface area contributed by atoms with Gasteiger partial charge in [0, 0.05) is 34.6 Å². The van der Waals surface area contributed by atoms with E-state index in [1.807, 2.05) is 18.2 Å². The first-order chi connectivity index (χ1) is 19.1. The number of carbonyl (C=O) groups is 1. The molecule has 0 aliphatic carbocycles. The number of benzene rings is 2. The fourth-order valence-corrected chi connectivity index (χ4v) is 6.09. The van der Waals surface area contributed by atoms with Gasteiger partial charge in [-0.3, -0.25) is 19.0 Å². The number of ether oxygens (including phenoxy) is 2. The number of fused-ring (bicyclic) bond motifs is 1. The van der Waals surface area contributed by atoms with E-state index in [0.717, 1.165) is 5.56 Å². The number of aromatic amines is 1. The number of thioether (sulfide) groups is 2. The van der Waals surface area contributed by atoms with Crippen LogP contribution in [0.4, 0.5) is 0 Å². The van der Waals surface area contributed by atoms with Gasteiger partial charge in [-0.05, 0) is 38.1 Å². The second-order valence-electron chi connectivity index (χ2n) is 8.83. The molecule has 0 saturated carbocycles. The van der Waals surface area contributed by atoms with Crippen LogP contribution in [0.15, 0.2) is 80.6 Å². The second-order valence-corrected chi connectivity index (χ2v) is 10.7. The van der Waals surface area contributed by atoms with Crippen LogP contribution in [-0.2, 0) is 5.72 Å². The van der Waals surface area contributed by atoms with Crippen molar-refractivity contribution in [2.24, 2.45) is 0 Å². The summed E-state index contributed by atoms with van der Waals surface area (Å²) in [5.41, 5.74) is 0.910. The third kappa shape index (κ3) is 6.64. The van der Waals surface area contributed by atoms with Crippen molar-refractivity contribution >= 4 is 29.3 Å². The number of hydrogen-bond donors (Lipinski definition) is 2. The number of aliphatic hydroxyl groups is 1. The van der Waals surface area contributed by atoms with E-state index in [-0.39, 0.29) is 22.7 Å². The number of nitrogens with one attached hydrogen (secondary N) is 1. The molecule has 0 radical (unpaired) electrons. The lowest BCUT2D eigenvalue weighted by Gasteiger charge is -2.27. The number of carbonyl (C=O) groups excluding carboxylic acids is 1. The predicted molar refractivity (Wildman–Crippen MR) is 154 cm³/mol. The summed E-state index contributed by atoms with van der Waals surface area (Å²) in [5, 5.41) is 12.0. The second kappa shape index (κ2) is 12.5. The minimum Gasteiger partial charge on any atom is -0.497 e. The van der Waals surface area contributed by atoms with Crippen molar-refractivity contribution in [2.75, 3.05) is 25.7 Å². The molecular weight excluding hydrogens is 552 g/mol. The van der Waals surface area contributed by atoms with Crippen molar-refractivity contribution in [1.82, 2.24) is 19.5 Å². The van der Waals surface area contributed by atoms with Crippen LogP contribution >= 0.6 is 23.5 Å². The van der Waals surface area contributed by atoms with Crippen molar-refractivity contribution in [3.05, 3.63) is 104 Å². The molecule has 2 N–H and O–H groups in total. The van der Waals surface area contributed by atoms with E-state index in [2.05, 4.69) is 15.0 Å². The van der Waals surface area contributed by atoms with Gasteiger partial charge >= 0.3 is 0 Å². The maximum absolute atomic E-state index is 12.1. The van der Waals surface area contributed by atoms with Crippen LogP contribution in [0.5, 0.6) is 11.5 Å². The van der Waals surface area contributed by atoms with Crippen LogP contribution in [0.3, 0.4) is 0 Å². The fourth-order valence-electron chi connectivity index (χ4n) is 4.07. The average Bonchev–Trinajstić information content (AvgIpc) is 3.29. The average molecular weight is 581 g/mol. The quantitative estimate of drug-likeness (QED) is 0.190. The first kappa shape index (κ1) is 29.1. The first-order valence-corrected chi connectivity index (χ1v) is 14.1. The van der Waals surface area contributed by atoms with Gasteiger partial charge < -0.3 is 19.6 Å². The largest absolute Gasteiger partial charge is 0.497 e. The lowest BCUT2D eigenvalue weighted by molar-refractivity contribution is 0.0246. The third-order valence-electron chi connectivity index (χ3n) is 5.97. The van der Waals surface area contributed by atoms with Crippen molar-refractivity contribution in [3.63, 3.8) is 0 Å². The molecule has 1 atom stereocenters. The molecule has 0 amide bonds. The Morgan fingerprint density at radius 3 is 2.45 bits per heavy atom. The molecular formula is C28H28N4O6S2. The highest BCUT2D eigenvalue weighted by Gasteiger charge is 2.40. The summed E-state index contributed by atoms with van der Waals surface area (Å²) < 4.78 is 12.0. The summed E-state index contributed by atoms with van der Waals surface area (Å²) in [6, 6.07) is 17.1. The van der Waals surface area contributed by atoms with Gasteiger partial charge in [0.25, 0.3) is 11.1 Å². The summed E-state index contributed by atoms with van der Waals surface area (Å²) >= 11 is 2.58. The highest BCUT2D eigenvalue weighted by Crippen LogP contribution is 2.40. The van der Waals surface area contributed by atoms with E-state index in [1.54, 1.807) is 63.0 Å². The molecule has 1 aliphatic heterocycles. The van der Waals surface area contributed by atoms with Gasteiger partial charge in [-0.25, -0.2) is 4.98 Å². The van der Waals surface area contributed by atoms with Crippen LogP contribution in [0, 0.1) is 13.8 Å². The molecule has 12 heteroatoms. The molecule has 208 valence electrons. The lowest BCUT2D eigenvalue weighted by Crippen LogP contribution is -2.36. The van der Waals surface area contributed by atoms with Gasteiger partial charge in [-0.15, -0.1) is 0 Å². The molecule has 0 spiro atoms. The summed E-state index contributed by atoms with van der Waals surface area (Å²) in [5.74, 6) is 1.90. The Morgan fingerprint density at radius 2 is 1.75 bits per heavy atom. The maximum atomic E-state index is 12.1. The molecule has 0 saturated heterocycles. The predicted octanol–water partition coefficient (Wildman–Crippen LogP) is 3.42. The summed E-state index contributed by atoms with van der Waals surface area (Å²) in [6.07, 6.45) is 0. The van der Waals surface area contributed by atoms with E-state index in [9.17, 15) is 19.5 Å². The molecule has 2 aromatic heterocycles. The molecule has 1 aliphatic rings. The van der Waals surface area contributed by atoms with Crippen molar-refractivity contribution in [3.8, 4) is 11.5 Å².